The van der Waals surface area contributed by atoms with Gasteiger partial charge in [-0.1, -0.05) is 19.1 Å². The lowest BCUT2D eigenvalue weighted by atomic mass is 10.1. The lowest BCUT2D eigenvalue weighted by Gasteiger charge is -2.21. The van der Waals surface area contributed by atoms with Gasteiger partial charge < -0.3 is 10.2 Å². The summed E-state index contributed by atoms with van der Waals surface area (Å²) in [5.74, 6) is -0.0371. The molecule has 132 valence electrons. The molecule has 1 aromatic rings. The Balaban J connectivity index is 2.07. The van der Waals surface area contributed by atoms with Crippen molar-refractivity contribution in [1.82, 2.24) is 14.5 Å². The van der Waals surface area contributed by atoms with Gasteiger partial charge in [-0.15, -0.1) is 0 Å². The first kappa shape index (κ1) is 18.3. The topological polar surface area (TPSA) is 93.6 Å². The zero-order valence-electron chi connectivity index (χ0n) is 14.1. The van der Waals surface area contributed by atoms with E-state index in [2.05, 4.69) is 5.32 Å². The fourth-order valence-electron chi connectivity index (χ4n) is 2.64. The van der Waals surface area contributed by atoms with Crippen molar-refractivity contribution in [2.45, 2.75) is 31.6 Å². The van der Waals surface area contributed by atoms with Crippen molar-refractivity contribution in [3.8, 4) is 0 Å². The Morgan fingerprint density at radius 3 is 2.50 bits per heavy atom. The van der Waals surface area contributed by atoms with Crippen molar-refractivity contribution in [3.63, 3.8) is 0 Å². The summed E-state index contributed by atoms with van der Waals surface area (Å²) in [5.41, 5.74) is 0.951. The van der Waals surface area contributed by atoms with Crippen LogP contribution in [0.15, 0.2) is 29.2 Å². The summed E-state index contributed by atoms with van der Waals surface area (Å²) in [5, 5.41) is 10.8. The maximum absolute atomic E-state index is 12.7. The third kappa shape index (κ3) is 4.05. The molecule has 0 radical (unpaired) electrons. The van der Waals surface area contributed by atoms with Crippen molar-refractivity contribution in [3.05, 3.63) is 29.8 Å². The fraction of sp³-hybridized carbons (Fsp3) is 0.500. The average Bonchev–Trinajstić information content (AvgIpc) is 2.90. The van der Waals surface area contributed by atoms with Gasteiger partial charge in [0.25, 0.3) is 10.0 Å². The predicted molar refractivity (Wildman–Crippen MR) is 92.3 cm³/mol. The molecule has 0 aromatic heterocycles. The van der Waals surface area contributed by atoms with Gasteiger partial charge >= 0.3 is 0 Å². The Morgan fingerprint density at radius 2 is 1.92 bits per heavy atom. The normalized spacial score (nSPS) is 15.0. The molecule has 8 heteroatoms. The molecule has 0 unspecified atom stereocenters. The number of hydrogen-bond donors (Lipinski definition) is 2. The summed E-state index contributed by atoms with van der Waals surface area (Å²) in [6.07, 6.45) is 1.52. The van der Waals surface area contributed by atoms with E-state index >= 15 is 0 Å². The van der Waals surface area contributed by atoms with E-state index in [1.807, 2.05) is 6.92 Å². The molecule has 1 aliphatic heterocycles. The standard InChI is InChI=1S/C16H24N4O3S/c1-3-10-19-11-12-20(16(19)17)24(22,23)15-6-4-14(5-7-15)8-9-18-13(2)21/h4-7,17H,3,8-12H2,1-2H3,(H,18,21). The minimum atomic E-state index is -3.69. The van der Waals surface area contributed by atoms with Crippen LogP contribution in [0.5, 0.6) is 0 Å². The highest BCUT2D eigenvalue weighted by Gasteiger charge is 2.34. The van der Waals surface area contributed by atoms with Crippen LogP contribution in [0.4, 0.5) is 0 Å². The van der Waals surface area contributed by atoms with E-state index in [0.717, 1.165) is 16.3 Å². The van der Waals surface area contributed by atoms with Crippen molar-refractivity contribution in [1.29, 1.82) is 5.41 Å². The van der Waals surface area contributed by atoms with Gasteiger partial charge in [-0.3, -0.25) is 10.2 Å². The van der Waals surface area contributed by atoms with E-state index in [9.17, 15) is 13.2 Å². The second-order valence-electron chi connectivity index (χ2n) is 5.76. The number of benzene rings is 1. The van der Waals surface area contributed by atoms with Crippen molar-refractivity contribution >= 4 is 21.9 Å². The number of guanidine groups is 1. The summed E-state index contributed by atoms with van der Waals surface area (Å²) in [6.45, 7) is 5.54. The Bertz CT molecular complexity index is 701. The number of amides is 1. The van der Waals surface area contributed by atoms with Crippen LogP contribution in [0.1, 0.15) is 25.8 Å². The van der Waals surface area contributed by atoms with Crippen LogP contribution in [0.2, 0.25) is 0 Å². The maximum Gasteiger partial charge on any atom is 0.266 e. The summed E-state index contributed by atoms with van der Waals surface area (Å²) >= 11 is 0. The molecule has 2 rings (SSSR count). The van der Waals surface area contributed by atoms with Crippen molar-refractivity contribution < 1.29 is 13.2 Å². The van der Waals surface area contributed by atoms with Gasteiger partial charge in [-0.25, -0.2) is 12.7 Å². The Kier molecular flexibility index (Phi) is 5.82. The molecule has 24 heavy (non-hydrogen) atoms. The molecular weight excluding hydrogens is 328 g/mol. The first-order valence-electron chi connectivity index (χ1n) is 8.06. The molecule has 0 aliphatic carbocycles. The summed E-state index contributed by atoms with van der Waals surface area (Å²) < 4.78 is 26.6. The van der Waals surface area contributed by atoms with Crippen LogP contribution < -0.4 is 5.32 Å². The number of hydrogen-bond acceptors (Lipinski definition) is 4. The van der Waals surface area contributed by atoms with Crippen molar-refractivity contribution in [2.24, 2.45) is 0 Å². The largest absolute Gasteiger partial charge is 0.356 e. The molecular formula is C16H24N4O3S. The third-order valence-electron chi connectivity index (χ3n) is 3.90. The second kappa shape index (κ2) is 7.65. The molecule has 7 nitrogen and oxygen atoms in total. The molecule has 1 aliphatic rings. The molecule has 1 fully saturated rings. The highest BCUT2D eigenvalue weighted by Crippen LogP contribution is 2.21. The van der Waals surface area contributed by atoms with Gasteiger partial charge in [0.15, 0.2) is 0 Å². The van der Waals surface area contributed by atoms with Crippen LogP contribution in [-0.4, -0.2) is 55.7 Å². The maximum atomic E-state index is 12.7. The van der Waals surface area contributed by atoms with E-state index in [-0.39, 0.29) is 16.8 Å². The molecule has 0 spiro atoms. The van der Waals surface area contributed by atoms with Gasteiger partial charge in [0, 0.05) is 26.6 Å². The first-order valence-corrected chi connectivity index (χ1v) is 9.50. The summed E-state index contributed by atoms with van der Waals surface area (Å²) in [6, 6.07) is 6.62. The lowest BCUT2D eigenvalue weighted by molar-refractivity contribution is -0.118. The molecule has 0 atom stereocenters. The number of rotatable bonds is 7. The average molecular weight is 352 g/mol. The van der Waals surface area contributed by atoms with E-state index in [0.29, 0.717) is 32.6 Å². The zero-order valence-corrected chi connectivity index (χ0v) is 14.9. The van der Waals surface area contributed by atoms with Crippen LogP contribution in [-0.2, 0) is 21.2 Å². The number of nitrogens with zero attached hydrogens (tertiary/aromatic N) is 2. The number of carbonyl (C=O) groups excluding carboxylic acids is 1. The van der Waals surface area contributed by atoms with Gasteiger partial charge in [0.05, 0.1) is 11.4 Å². The van der Waals surface area contributed by atoms with Gasteiger partial charge in [0.1, 0.15) is 0 Å². The smallest absolute Gasteiger partial charge is 0.266 e. The van der Waals surface area contributed by atoms with Gasteiger partial charge in [-0.05, 0) is 30.5 Å². The molecule has 1 heterocycles. The number of nitrogens with one attached hydrogen (secondary N) is 2. The van der Waals surface area contributed by atoms with Gasteiger partial charge in [-0.2, -0.15) is 0 Å². The molecule has 1 amide bonds. The quantitative estimate of drug-likeness (QED) is 0.766. The molecule has 1 aromatic carbocycles. The Labute approximate surface area is 143 Å². The summed E-state index contributed by atoms with van der Waals surface area (Å²) in [4.78, 5) is 12.8. The summed E-state index contributed by atoms with van der Waals surface area (Å²) in [7, 11) is -3.69. The van der Waals surface area contributed by atoms with Crippen LogP contribution >= 0.6 is 0 Å². The Hall–Kier alpha value is -2.09. The zero-order chi connectivity index (χ0) is 17.7. The Morgan fingerprint density at radius 1 is 1.25 bits per heavy atom. The second-order valence-corrected chi connectivity index (χ2v) is 7.63. The first-order chi connectivity index (χ1) is 11.4. The van der Waals surface area contributed by atoms with Crippen LogP contribution in [0.3, 0.4) is 0 Å². The van der Waals surface area contributed by atoms with E-state index in [4.69, 9.17) is 5.41 Å². The number of carbonyl (C=O) groups is 1. The van der Waals surface area contributed by atoms with Crippen LogP contribution in [0.25, 0.3) is 0 Å². The minimum Gasteiger partial charge on any atom is -0.356 e. The van der Waals surface area contributed by atoms with Crippen molar-refractivity contribution in [2.75, 3.05) is 26.2 Å². The van der Waals surface area contributed by atoms with E-state index in [1.165, 1.54) is 6.92 Å². The minimum absolute atomic E-state index is 0.0478. The fourth-order valence-corrected chi connectivity index (χ4v) is 4.04. The number of sulfonamides is 1. The highest BCUT2D eigenvalue weighted by atomic mass is 32.2. The molecule has 0 saturated carbocycles. The monoisotopic (exact) mass is 352 g/mol. The highest BCUT2D eigenvalue weighted by molar-refractivity contribution is 7.89. The molecule has 1 saturated heterocycles. The lowest BCUT2D eigenvalue weighted by Crippen LogP contribution is -2.37. The molecule has 0 bridgehead atoms. The van der Waals surface area contributed by atoms with Gasteiger partial charge in [0.2, 0.25) is 11.9 Å². The SMILES string of the molecule is CCCN1CCN(S(=O)(=O)c2ccc(CCNC(C)=O)cc2)C1=N. The molecule has 2 N–H and O–H groups in total. The van der Waals surface area contributed by atoms with Crippen LogP contribution in [0, 0.1) is 5.41 Å². The van der Waals surface area contributed by atoms with E-state index < -0.39 is 10.0 Å². The third-order valence-corrected chi connectivity index (χ3v) is 5.70. The van der Waals surface area contributed by atoms with E-state index in [1.54, 1.807) is 29.2 Å². The predicted octanol–water partition coefficient (Wildman–Crippen LogP) is 1.02.